The monoisotopic (exact) mass is 391 g/mol. The molecule has 146 valence electrons. The van der Waals surface area contributed by atoms with Gasteiger partial charge >= 0.3 is 0 Å². The molecule has 0 fully saturated rings. The summed E-state index contributed by atoms with van der Waals surface area (Å²) in [6, 6.07) is 10.5. The molecule has 0 bridgehead atoms. The van der Waals surface area contributed by atoms with Gasteiger partial charge in [0.2, 0.25) is 5.95 Å². The minimum atomic E-state index is -0.409. The number of aliphatic hydroxyl groups is 1. The molecule has 1 atom stereocenters. The maximum absolute atomic E-state index is 14.7. The molecule has 4 aromatic rings. The first kappa shape index (κ1) is 17.6. The number of fused-ring (bicyclic) bond motifs is 2. The molecule has 0 saturated carbocycles. The van der Waals surface area contributed by atoms with Gasteiger partial charge in [-0.15, -0.1) is 0 Å². The van der Waals surface area contributed by atoms with Crippen molar-refractivity contribution in [3.63, 3.8) is 0 Å². The van der Waals surface area contributed by atoms with E-state index in [2.05, 4.69) is 19.9 Å². The van der Waals surface area contributed by atoms with Crippen LogP contribution in [-0.4, -0.2) is 31.6 Å². The Kier molecular flexibility index (Phi) is 4.13. The highest BCUT2D eigenvalue weighted by Crippen LogP contribution is 2.34. The van der Waals surface area contributed by atoms with Crippen molar-refractivity contribution in [1.29, 1.82) is 0 Å². The molecule has 2 aromatic carbocycles. The van der Waals surface area contributed by atoms with Crippen molar-refractivity contribution in [1.82, 2.24) is 19.9 Å². The summed E-state index contributed by atoms with van der Waals surface area (Å²) >= 11 is 0. The van der Waals surface area contributed by atoms with Gasteiger partial charge in [-0.05, 0) is 47.9 Å². The van der Waals surface area contributed by atoms with Crippen LogP contribution >= 0.6 is 0 Å². The number of aromatic nitrogens is 4. The van der Waals surface area contributed by atoms with Gasteiger partial charge < -0.3 is 20.6 Å². The zero-order valence-electron chi connectivity index (χ0n) is 15.4. The number of nitrogens with one attached hydrogen (secondary N) is 1. The minimum absolute atomic E-state index is 0.0237. The van der Waals surface area contributed by atoms with E-state index in [4.69, 9.17) is 10.5 Å². The Morgan fingerprint density at radius 1 is 1.21 bits per heavy atom. The Balaban J connectivity index is 1.51. The third-order valence-electron chi connectivity index (χ3n) is 5.13. The molecule has 5 rings (SSSR count). The Morgan fingerprint density at radius 3 is 2.93 bits per heavy atom. The van der Waals surface area contributed by atoms with Crippen molar-refractivity contribution >= 4 is 17.0 Å². The third-order valence-corrected chi connectivity index (χ3v) is 5.13. The zero-order chi connectivity index (χ0) is 20.0. The number of aliphatic hydroxyl groups excluding tert-OH is 1. The van der Waals surface area contributed by atoms with Gasteiger partial charge in [0.25, 0.3) is 0 Å². The van der Waals surface area contributed by atoms with Gasteiger partial charge in [-0.3, -0.25) is 0 Å². The third kappa shape index (κ3) is 3.17. The predicted molar refractivity (Wildman–Crippen MR) is 106 cm³/mol. The molecule has 8 heteroatoms. The second-order valence-electron chi connectivity index (χ2n) is 7.09. The van der Waals surface area contributed by atoms with Crippen molar-refractivity contribution in [3.05, 3.63) is 65.4 Å². The summed E-state index contributed by atoms with van der Waals surface area (Å²) in [4.78, 5) is 15.8. The summed E-state index contributed by atoms with van der Waals surface area (Å²) in [7, 11) is 0. The summed E-state index contributed by atoms with van der Waals surface area (Å²) in [5, 5.41) is 9.37. The topological polar surface area (TPSA) is 110 Å². The van der Waals surface area contributed by atoms with E-state index >= 15 is 0 Å². The molecule has 1 unspecified atom stereocenters. The predicted octanol–water partition coefficient (Wildman–Crippen LogP) is 2.95. The lowest BCUT2D eigenvalue weighted by Gasteiger charge is -2.24. The van der Waals surface area contributed by atoms with Gasteiger partial charge in [-0.1, -0.05) is 6.07 Å². The van der Waals surface area contributed by atoms with Crippen molar-refractivity contribution in [3.8, 4) is 17.0 Å². The fourth-order valence-electron chi connectivity index (χ4n) is 3.69. The number of halogens is 1. The number of nitrogens with zero attached hydrogens (tertiary/aromatic N) is 3. The van der Waals surface area contributed by atoms with Crippen molar-refractivity contribution in [2.45, 2.75) is 18.9 Å². The summed E-state index contributed by atoms with van der Waals surface area (Å²) in [6.45, 7) is 0.423. The second-order valence-corrected chi connectivity index (χ2v) is 7.09. The smallest absolute Gasteiger partial charge is 0.220 e. The first-order valence-electron chi connectivity index (χ1n) is 9.24. The van der Waals surface area contributed by atoms with E-state index in [0.717, 1.165) is 16.9 Å². The second kappa shape index (κ2) is 6.82. The molecule has 0 aliphatic carbocycles. The van der Waals surface area contributed by atoms with Crippen molar-refractivity contribution in [2.75, 3.05) is 12.3 Å². The number of hydrogen-bond donors (Lipinski definition) is 3. The van der Waals surface area contributed by atoms with E-state index in [1.807, 2.05) is 18.2 Å². The molecule has 0 radical (unpaired) electrons. The van der Waals surface area contributed by atoms with E-state index in [1.54, 1.807) is 12.1 Å². The number of ether oxygens (including phenoxy) is 1. The Hall–Kier alpha value is -3.52. The van der Waals surface area contributed by atoms with Gasteiger partial charge in [0.15, 0.2) is 0 Å². The van der Waals surface area contributed by atoms with E-state index in [0.29, 0.717) is 41.1 Å². The fraction of sp³-hybridized carbons (Fsp3) is 0.190. The average molecular weight is 391 g/mol. The molecule has 7 nitrogen and oxygen atoms in total. The summed E-state index contributed by atoms with van der Waals surface area (Å²) in [6.07, 6.45) is 2.23. The number of rotatable bonds is 3. The SMILES string of the molecule is Nc1nccc(-c2cc(F)c3[nH]c(C4COc5ccc(CO)cc5C4)nc3c2)n1. The number of nitrogen functional groups attached to an aromatic ring is 1. The fourth-order valence-corrected chi connectivity index (χ4v) is 3.69. The Morgan fingerprint density at radius 2 is 2.10 bits per heavy atom. The zero-order valence-corrected chi connectivity index (χ0v) is 15.4. The molecular formula is C21H18FN5O2. The van der Waals surface area contributed by atoms with E-state index in [9.17, 15) is 9.50 Å². The van der Waals surface area contributed by atoms with Crippen LogP contribution in [0.1, 0.15) is 22.9 Å². The Bertz CT molecular complexity index is 1220. The highest BCUT2D eigenvalue weighted by atomic mass is 19.1. The van der Waals surface area contributed by atoms with Gasteiger partial charge in [0.1, 0.15) is 22.9 Å². The molecule has 1 aliphatic heterocycles. The van der Waals surface area contributed by atoms with Crippen molar-refractivity contribution in [2.24, 2.45) is 0 Å². The van der Waals surface area contributed by atoms with Crippen LogP contribution < -0.4 is 10.5 Å². The van der Waals surface area contributed by atoms with Crippen LogP contribution in [0.4, 0.5) is 10.3 Å². The molecule has 1 aliphatic rings. The van der Waals surface area contributed by atoms with Crippen molar-refractivity contribution < 1.29 is 14.2 Å². The van der Waals surface area contributed by atoms with Crippen LogP contribution in [0.25, 0.3) is 22.3 Å². The van der Waals surface area contributed by atoms with Crippen LogP contribution in [-0.2, 0) is 13.0 Å². The molecule has 0 spiro atoms. The number of H-pyrrole nitrogens is 1. The maximum Gasteiger partial charge on any atom is 0.220 e. The van der Waals surface area contributed by atoms with E-state index < -0.39 is 5.82 Å². The Labute approximate surface area is 165 Å². The molecule has 29 heavy (non-hydrogen) atoms. The first-order valence-corrected chi connectivity index (χ1v) is 9.24. The highest BCUT2D eigenvalue weighted by molar-refractivity contribution is 5.82. The summed E-state index contributed by atoms with van der Waals surface area (Å²) in [5.41, 5.74) is 9.46. The first-order chi connectivity index (χ1) is 14.1. The average Bonchev–Trinajstić information content (AvgIpc) is 3.18. The van der Waals surface area contributed by atoms with Gasteiger partial charge in [0.05, 0.1) is 30.3 Å². The lowest BCUT2D eigenvalue weighted by atomic mass is 9.95. The van der Waals surface area contributed by atoms with E-state index in [1.165, 1.54) is 12.3 Å². The van der Waals surface area contributed by atoms with Gasteiger partial charge in [-0.25, -0.2) is 19.3 Å². The molecule has 3 heterocycles. The van der Waals surface area contributed by atoms with Gasteiger partial charge in [-0.2, -0.15) is 0 Å². The summed E-state index contributed by atoms with van der Waals surface area (Å²) < 4.78 is 20.6. The minimum Gasteiger partial charge on any atom is -0.493 e. The van der Waals surface area contributed by atoms with Crippen LogP contribution in [0.2, 0.25) is 0 Å². The van der Waals surface area contributed by atoms with E-state index in [-0.39, 0.29) is 18.5 Å². The molecule has 4 N–H and O–H groups in total. The number of hydrogen-bond acceptors (Lipinski definition) is 6. The molecule has 0 amide bonds. The van der Waals surface area contributed by atoms with Crippen LogP contribution in [0.3, 0.4) is 0 Å². The highest BCUT2D eigenvalue weighted by Gasteiger charge is 2.25. The normalized spacial score (nSPS) is 15.9. The lowest BCUT2D eigenvalue weighted by Crippen LogP contribution is -2.20. The lowest BCUT2D eigenvalue weighted by molar-refractivity contribution is 0.256. The summed E-state index contributed by atoms with van der Waals surface area (Å²) in [5.74, 6) is 1.16. The molecular weight excluding hydrogens is 373 g/mol. The molecule has 2 aromatic heterocycles. The number of anilines is 1. The van der Waals surface area contributed by atoms with Gasteiger partial charge in [0, 0.05) is 11.8 Å². The standard InChI is InChI=1S/C21H18FN5O2/c22-15-7-12(16-3-4-24-21(23)26-16)8-17-19(15)27-20(25-17)14-6-13-5-11(9-28)1-2-18(13)29-10-14/h1-5,7-8,14,28H,6,9-10H2,(H,25,27)(H2,23,24,26). The number of nitrogens with two attached hydrogens (primary N) is 1. The maximum atomic E-state index is 14.7. The largest absolute Gasteiger partial charge is 0.493 e. The quantitative estimate of drug-likeness (QED) is 0.495. The van der Waals surface area contributed by atoms with Crippen LogP contribution in [0.5, 0.6) is 5.75 Å². The number of imidazole rings is 1. The number of aromatic amines is 1. The number of benzene rings is 2. The van der Waals surface area contributed by atoms with Crippen LogP contribution in [0, 0.1) is 5.82 Å². The van der Waals surface area contributed by atoms with Crippen LogP contribution in [0.15, 0.2) is 42.6 Å². The molecule has 0 saturated heterocycles.